The molecule has 32 heavy (non-hydrogen) atoms. The van der Waals surface area contributed by atoms with Gasteiger partial charge in [-0.2, -0.15) is 0 Å². The monoisotopic (exact) mass is 429 g/mol. The smallest absolute Gasteiger partial charge is 0.316 e. The minimum Gasteiger partial charge on any atom is -0.497 e. The molecule has 0 unspecified atom stereocenters. The zero-order chi connectivity index (χ0) is 22.4. The minimum absolute atomic E-state index is 0.116. The van der Waals surface area contributed by atoms with Crippen LogP contribution >= 0.6 is 0 Å². The molecule has 166 valence electrons. The van der Waals surface area contributed by atoms with Crippen LogP contribution in [0, 0.1) is 0 Å². The van der Waals surface area contributed by atoms with E-state index < -0.39 is 5.41 Å². The molecule has 0 aromatic heterocycles. The number of hydrogen-bond donors (Lipinski definition) is 1. The number of carbonyl (C=O) groups is 1. The van der Waals surface area contributed by atoms with Crippen LogP contribution in [0.5, 0.6) is 5.75 Å². The van der Waals surface area contributed by atoms with E-state index >= 15 is 0 Å². The Bertz CT molecular complexity index is 972. The van der Waals surface area contributed by atoms with Crippen molar-refractivity contribution in [2.24, 2.45) is 0 Å². The lowest BCUT2D eigenvalue weighted by molar-refractivity contribution is -0.149. The van der Waals surface area contributed by atoms with Crippen molar-refractivity contribution in [1.29, 1.82) is 0 Å². The topological polar surface area (TPSA) is 47.6 Å². The zero-order valence-electron chi connectivity index (χ0n) is 18.8. The zero-order valence-corrected chi connectivity index (χ0v) is 18.8. The number of rotatable bonds is 7. The van der Waals surface area contributed by atoms with Crippen molar-refractivity contribution in [2.75, 3.05) is 14.2 Å². The SMILES string of the molecule is COc1cccc([C@]2(C(=O)OC)CC[C@@H](NC(c3ccccc3)c3ccccc3)CC2)c1. The first-order valence-electron chi connectivity index (χ1n) is 11.2. The van der Waals surface area contributed by atoms with Gasteiger partial charge < -0.3 is 14.8 Å². The third-order valence-corrected chi connectivity index (χ3v) is 6.71. The summed E-state index contributed by atoms with van der Waals surface area (Å²) in [6.07, 6.45) is 3.26. The van der Waals surface area contributed by atoms with Crippen molar-refractivity contribution in [3.8, 4) is 5.75 Å². The van der Waals surface area contributed by atoms with Gasteiger partial charge in [-0.3, -0.25) is 4.79 Å². The minimum atomic E-state index is -0.629. The Balaban J connectivity index is 1.56. The molecule has 0 saturated heterocycles. The number of hydrogen-bond acceptors (Lipinski definition) is 4. The molecule has 0 amide bonds. The average molecular weight is 430 g/mol. The lowest BCUT2D eigenvalue weighted by Gasteiger charge is -2.40. The second kappa shape index (κ2) is 10.0. The molecule has 1 N–H and O–H groups in total. The summed E-state index contributed by atoms with van der Waals surface area (Å²) < 4.78 is 10.7. The van der Waals surface area contributed by atoms with Crippen LogP contribution in [0.2, 0.25) is 0 Å². The molecule has 1 aliphatic carbocycles. The fourth-order valence-corrected chi connectivity index (χ4v) is 4.92. The average Bonchev–Trinajstić information content (AvgIpc) is 2.88. The molecule has 3 aromatic carbocycles. The summed E-state index contributed by atoms with van der Waals surface area (Å²) in [7, 11) is 3.13. The van der Waals surface area contributed by atoms with Crippen molar-refractivity contribution in [3.05, 3.63) is 102 Å². The normalized spacial score (nSPS) is 20.7. The summed E-state index contributed by atoms with van der Waals surface area (Å²) in [6.45, 7) is 0. The van der Waals surface area contributed by atoms with Gasteiger partial charge in [0.15, 0.2) is 0 Å². The van der Waals surface area contributed by atoms with Crippen molar-refractivity contribution >= 4 is 5.97 Å². The Morgan fingerprint density at radius 1 is 0.875 bits per heavy atom. The standard InChI is InChI=1S/C28H31NO3/c1-31-25-15-9-14-23(20-25)28(27(30)32-2)18-16-24(17-19-28)29-26(21-10-5-3-6-11-21)22-12-7-4-8-13-22/h3-15,20,24,26,29H,16-19H2,1-2H3/t24-,28+. The van der Waals surface area contributed by atoms with Crippen LogP contribution in [0.25, 0.3) is 0 Å². The van der Waals surface area contributed by atoms with E-state index in [9.17, 15) is 4.79 Å². The van der Waals surface area contributed by atoms with E-state index in [1.165, 1.54) is 18.2 Å². The third-order valence-electron chi connectivity index (χ3n) is 6.71. The van der Waals surface area contributed by atoms with Gasteiger partial charge in [0, 0.05) is 6.04 Å². The number of benzene rings is 3. The molecule has 1 fully saturated rings. The molecule has 0 atom stereocenters. The molecule has 0 bridgehead atoms. The fourth-order valence-electron chi connectivity index (χ4n) is 4.92. The van der Waals surface area contributed by atoms with Gasteiger partial charge in [0.25, 0.3) is 0 Å². The molecule has 1 saturated carbocycles. The van der Waals surface area contributed by atoms with Gasteiger partial charge in [0.05, 0.1) is 25.7 Å². The maximum Gasteiger partial charge on any atom is 0.316 e. The van der Waals surface area contributed by atoms with Crippen LogP contribution in [0.3, 0.4) is 0 Å². The quantitative estimate of drug-likeness (QED) is 0.509. The summed E-state index contributed by atoms with van der Waals surface area (Å²) in [5.74, 6) is 0.603. The molecule has 0 aliphatic heterocycles. The molecule has 0 spiro atoms. The summed E-state index contributed by atoms with van der Waals surface area (Å²) in [6, 6.07) is 29.4. The highest BCUT2D eigenvalue weighted by molar-refractivity contribution is 5.83. The van der Waals surface area contributed by atoms with E-state index in [1.807, 2.05) is 36.4 Å². The van der Waals surface area contributed by atoms with Crippen LogP contribution < -0.4 is 10.1 Å². The first-order valence-corrected chi connectivity index (χ1v) is 11.2. The lowest BCUT2D eigenvalue weighted by Crippen LogP contribution is -2.45. The van der Waals surface area contributed by atoms with Gasteiger partial charge >= 0.3 is 5.97 Å². The molecule has 4 nitrogen and oxygen atoms in total. The maximum atomic E-state index is 13.0. The van der Waals surface area contributed by atoms with Gasteiger partial charge in [-0.1, -0.05) is 72.8 Å². The van der Waals surface area contributed by atoms with Crippen LogP contribution in [-0.2, 0) is 14.9 Å². The highest BCUT2D eigenvalue weighted by Crippen LogP contribution is 2.42. The van der Waals surface area contributed by atoms with E-state index in [-0.39, 0.29) is 12.0 Å². The molecule has 4 rings (SSSR count). The Morgan fingerprint density at radius 3 is 2.00 bits per heavy atom. The second-order valence-corrected chi connectivity index (χ2v) is 8.50. The molecule has 4 heteroatoms. The summed E-state index contributed by atoms with van der Waals surface area (Å²) >= 11 is 0. The van der Waals surface area contributed by atoms with Gasteiger partial charge in [0.2, 0.25) is 0 Å². The number of nitrogens with one attached hydrogen (secondary N) is 1. The molecule has 0 heterocycles. The van der Waals surface area contributed by atoms with Crippen LogP contribution in [0.4, 0.5) is 0 Å². The Kier molecular flexibility index (Phi) is 6.91. The fraction of sp³-hybridized carbons (Fsp3) is 0.321. The predicted octanol–water partition coefficient (Wildman–Crippen LogP) is 5.43. The van der Waals surface area contributed by atoms with Crippen molar-refractivity contribution in [1.82, 2.24) is 5.32 Å². The van der Waals surface area contributed by atoms with E-state index in [1.54, 1.807) is 7.11 Å². The number of esters is 1. The number of ether oxygens (including phenoxy) is 2. The predicted molar refractivity (Wildman–Crippen MR) is 127 cm³/mol. The Labute approximate surface area is 190 Å². The lowest BCUT2D eigenvalue weighted by atomic mass is 9.68. The Morgan fingerprint density at radius 2 is 1.47 bits per heavy atom. The van der Waals surface area contributed by atoms with Gasteiger partial charge in [-0.25, -0.2) is 0 Å². The van der Waals surface area contributed by atoms with Crippen molar-refractivity contribution < 1.29 is 14.3 Å². The molecule has 0 radical (unpaired) electrons. The molecular weight excluding hydrogens is 398 g/mol. The summed E-state index contributed by atoms with van der Waals surface area (Å²) in [5, 5.41) is 3.88. The highest BCUT2D eigenvalue weighted by Gasteiger charge is 2.44. The summed E-state index contributed by atoms with van der Waals surface area (Å²) in [4.78, 5) is 13.0. The largest absolute Gasteiger partial charge is 0.497 e. The van der Waals surface area contributed by atoms with Crippen LogP contribution in [0.1, 0.15) is 48.4 Å². The van der Waals surface area contributed by atoms with Crippen LogP contribution in [-0.4, -0.2) is 26.2 Å². The highest BCUT2D eigenvalue weighted by atomic mass is 16.5. The molecule has 1 aliphatic rings. The van der Waals surface area contributed by atoms with Gasteiger partial charge in [-0.15, -0.1) is 0 Å². The van der Waals surface area contributed by atoms with Crippen LogP contribution in [0.15, 0.2) is 84.9 Å². The van der Waals surface area contributed by atoms with Gasteiger partial charge in [-0.05, 0) is 54.5 Å². The number of carbonyl (C=O) groups excluding carboxylic acids is 1. The maximum absolute atomic E-state index is 13.0. The van der Waals surface area contributed by atoms with E-state index in [4.69, 9.17) is 9.47 Å². The van der Waals surface area contributed by atoms with Crippen molar-refractivity contribution in [3.63, 3.8) is 0 Å². The summed E-state index contributed by atoms with van der Waals surface area (Å²) in [5.41, 5.74) is 2.84. The van der Waals surface area contributed by atoms with E-state index in [0.29, 0.717) is 6.04 Å². The molecule has 3 aromatic rings. The third kappa shape index (κ3) is 4.56. The number of methoxy groups -OCH3 is 2. The second-order valence-electron chi connectivity index (χ2n) is 8.50. The van der Waals surface area contributed by atoms with E-state index in [0.717, 1.165) is 37.0 Å². The first-order chi connectivity index (χ1) is 15.7. The Hall–Kier alpha value is -3.11. The van der Waals surface area contributed by atoms with E-state index in [2.05, 4.69) is 53.8 Å². The van der Waals surface area contributed by atoms with Crippen molar-refractivity contribution in [2.45, 2.75) is 43.2 Å². The molecular formula is C28H31NO3. The van der Waals surface area contributed by atoms with Gasteiger partial charge in [0.1, 0.15) is 5.75 Å². The first kappa shape index (κ1) is 22.1.